The summed E-state index contributed by atoms with van der Waals surface area (Å²) in [4.78, 5) is 4.34. The Balaban J connectivity index is 2.19. The lowest BCUT2D eigenvalue weighted by Crippen LogP contribution is -2.24. The van der Waals surface area contributed by atoms with Gasteiger partial charge in [-0.05, 0) is 29.7 Å². The van der Waals surface area contributed by atoms with Crippen LogP contribution in [0.25, 0.3) is 0 Å². The van der Waals surface area contributed by atoms with Crippen LogP contribution in [-0.2, 0) is 16.6 Å². The van der Waals surface area contributed by atoms with Gasteiger partial charge in [0.1, 0.15) is 5.75 Å². The molecule has 1 aromatic heterocycles. The van der Waals surface area contributed by atoms with Crippen molar-refractivity contribution in [3.8, 4) is 5.75 Å². The van der Waals surface area contributed by atoms with Gasteiger partial charge in [0, 0.05) is 5.92 Å². The maximum Gasteiger partial charge on any atom is 0.240 e. The quantitative estimate of drug-likeness (QED) is 0.822. The van der Waals surface area contributed by atoms with Gasteiger partial charge in [-0.25, -0.2) is 13.1 Å². The summed E-state index contributed by atoms with van der Waals surface area (Å²) < 4.78 is 37.8. The van der Waals surface area contributed by atoms with Crippen molar-refractivity contribution in [2.75, 3.05) is 7.11 Å². The maximum absolute atomic E-state index is 12.5. The number of hydrogen-bond donors (Lipinski definition) is 1. The third-order valence-corrected chi connectivity index (χ3v) is 4.93. The normalized spacial score (nSPS) is 12.1. The van der Waals surface area contributed by atoms with E-state index < -0.39 is 10.0 Å². The molecule has 0 radical (unpaired) electrons. The zero-order valence-corrected chi connectivity index (χ0v) is 15.3. The second-order valence-corrected chi connectivity index (χ2v) is 7.85. The molecular formula is C16H23N3O4S. The number of benzene rings is 1. The minimum Gasteiger partial charge on any atom is -0.496 e. The van der Waals surface area contributed by atoms with Crippen LogP contribution in [0.15, 0.2) is 27.6 Å². The number of sulfonamides is 1. The van der Waals surface area contributed by atoms with E-state index in [1.165, 1.54) is 6.07 Å². The predicted octanol–water partition coefficient (Wildman–Crippen LogP) is 2.80. The van der Waals surface area contributed by atoms with Crippen LogP contribution < -0.4 is 9.46 Å². The fourth-order valence-corrected chi connectivity index (χ4v) is 3.16. The SMILES string of the molecule is COc1ccc(S(=O)(=O)NCc2noc(C(C)C)n2)cc1C(C)C. The lowest BCUT2D eigenvalue weighted by atomic mass is 10.0. The first-order chi connectivity index (χ1) is 11.2. The Hall–Kier alpha value is -1.93. The Morgan fingerprint density at radius 3 is 2.46 bits per heavy atom. The summed E-state index contributed by atoms with van der Waals surface area (Å²) in [6, 6.07) is 4.81. The van der Waals surface area contributed by atoms with Crippen LogP contribution in [0.1, 0.15) is 56.8 Å². The van der Waals surface area contributed by atoms with E-state index in [4.69, 9.17) is 9.26 Å². The van der Waals surface area contributed by atoms with Gasteiger partial charge in [0.25, 0.3) is 0 Å². The number of nitrogens with one attached hydrogen (secondary N) is 1. The van der Waals surface area contributed by atoms with Gasteiger partial charge in [0.05, 0.1) is 18.6 Å². The van der Waals surface area contributed by atoms with Gasteiger partial charge >= 0.3 is 0 Å². The minimum atomic E-state index is -3.68. The molecule has 1 heterocycles. The summed E-state index contributed by atoms with van der Waals surface area (Å²) in [5.41, 5.74) is 0.835. The Bertz CT molecular complexity index is 797. The smallest absolute Gasteiger partial charge is 0.240 e. The summed E-state index contributed by atoms with van der Waals surface area (Å²) in [6.45, 7) is 7.78. The molecule has 0 amide bonds. The first kappa shape index (κ1) is 18.4. The van der Waals surface area contributed by atoms with E-state index in [1.54, 1.807) is 19.2 Å². The summed E-state index contributed by atoms with van der Waals surface area (Å²) in [5, 5.41) is 3.77. The van der Waals surface area contributed by atoms with Gasteiger partial charge < -0.3 is 9.26 Å². The predicted molar refractivity (Wildman–Crippen MR) is 89.5 cm³/mol. The maximum atomic E-state index is 12.5. The van der Waals surface area contributed by atoms with E-state index in [9.17, 15) is 8.42 Å². The fourth-order valence-electron chi connectivity index (χ4n) is 2.15. The highest BCUT2D eigenvalue weighted by atomic mass is 32.2. The molecule has 0 aliphatic rings. The number of aromatic nitrogens is 2. The standard InChI is InChI=1S/C16H23N3O4S/c1-10(2)13-8-12(6-7-14(13)22-5)24(20,21)17-9-15-18-16(11(3)4)23-19-15/h6-8,10-11,17H,9H2,1-5H3. The molecule has 7 nitrogen and oxygen atoms in total. The van der Waals surface area contributed by atoms with E-state index >= 15 is 0 Å². The van der Waals surface area contributed by atoms with Crippen molar-refractivity contribution in [3.05, 3.63) is 35.5 Å². The second kappa shape index (κ2) is 7.31. The second-order valence-electron chi connectivity index (χ2n) is 6.09. The third-order valence-electron chi connectivity index (χ3n) is 3.53. The first-order valence-electron chi connectivity index (χ1n) is 7.74. The van der Waals surface area contributed by atoms with Crippen molar-refractivity contribution >= 4 is 10.0 Å². The third kappa shape index (κ3) is 4.12. The van der Waals surface area contributed by atoms with Crippen LogP contribution >= 0.6 is 0 Å². The van der Waals surface area contributed by atoms with Gasteiger partial charge in [-0.15, -0.1) is 0 Å². The molecule has 0 fully saturated rings. The van der Waals surface area contributed by atoms with E-state index in [0.717, 1.165) is 5.56 Å². The molecule has 0 bridgehead atoms. The van der Waals surface area contributed by atoms with Crippen molar-refractivity contribution in [3.63, 3.8) is 0 Å². The average molecular weight is 353 g/mol. The van der Waals surface area contributed by atoms with E-state index in [1.807, 2.05) is 27.7 Å². The van der Waals surface area contributed by atoms with Gasteiger partial charge in [-0.2, -0.15) is 4.98 Å². The molecule has 24 heavy (non-hydrogen) atoms. The molecule has 132 valence electrons. The lowest BCUT2D eigenvalue weighted by molar-refractivity contribution is 0.360. The average Bonchev–Trinajstić information content (AvgIpc) is 3.01. The topological polar surface area (TPSA) is 94.3 Å². The molecule has 0 aliphatic carbocycles. The fraction of sp³-hybridized carbons (Fsp3) is 0.500. The zero-order valence-electron chi connectivity index (χ0n) is 14.5. The molecule has 0 saturated carbocycles. The molecule has 0 unspecified atom stereocenters. The van der Waals surface area contributed by atoms with Crippen LogP contribution in [0.4, 0.5) is 0 Å². The van der Waals surface area contributed by atoms with Crippen LogP contribution in [-0.4, -0.2) is 25.7 Å². The van der Waals surface area contributed by atoms with Gasteiger partial charge in [-0.1, -0.05) is 32.9 Å². The Kier molecular flexibility index (Phi) is 5.61. The zero-order chi connectivity index (χ0) is 17.9. The highest BCUT2D eigenvalue weighted by Crippen LogP contribution is 2.28. The molecular weight excluding hydrogens is 330 g/mol. The number of hydrogen-bond acceptors (Lipinski definition) is 6. The largest absolute Gasteiger partial charge is 0.496 e. The summed E-state index contributed by atoms with van der Waals surface area (Å²) in [5.74, 6) is 1.69. The van der Waals surface area contributed by atoms with Gasteiger partial charge in [0.15, 0.2) is 5.82 Å². The summed E-state index contributed by atoms with van der Waals surface area (Å²) >= 11 is 0. The number of rotatable bonds is 7. The Labute approximate surface area is 142 Å². The Morgan fingerprint density at radius 2 is 1.92 bits per heavy atom. The molecule has 2 aromatic rings. The lowest BCUT2D eigenvalue weighted by Gasteiger charge is -2.13. The van der Waals surface area contributed by atoms with Crippen LogP contribution in [0, 0.1) is 0 Å². The summed E-state index contributed by atoms with van der Waals surface area (Å²) in [6.07, 6.45) is 0. The van der Waals surface area contributed by atoms with Crippen molar-refractivity contribution in [2.24, 2.45) is 0 Å². The highest BCUT2D eigenvalue weighted by Gasteiger charge is 2.19. The summed E-state index contributed by atoms with van der Waals surface area (Å²) in [7, 11) is -2.11. The molecule has 1 N–H and O–H groups in total. The molecule has 8 heteroatoms. The molecule has 0 atom stereocenters. The van der Waals surface area contributed by atoms with Crippen LogP contribution in [0.2, 0.25) is 0 Å². The molecule has 1 aromatic carbocycles. The van der Waals surface area contributed by atoms with Crippen molar-refractivity contribution in [1.29, 1.82) is 0 Å². The van der Waals surface area contributed by atoms with Gasteiger partial charge in [0.2, 0.25) is 15.9 Å². The van der Waals surface area contributed by atoms with Crippen LogP contribution in [0.5, 0.6) is 5.75 Å². The highest BCUT2D eigenvalue weighted by molar-refractivity contribution is 7.89. The van der Waals surface area contributed by atoms with E-state index in [-0.39, 0.29) is 23.3 Å². The monoisotopic (exact) mass is 353 g/mol. The number of methoxy groups -OCH3 is 1. The number of ether oxygens (including phenoxy) is 1. The molecule has 0 spiro atoms. The molecule has 0 saturated heterocycles. The molecule has 0 aliphatic heterocycles. The van der Waals surface area contributed by atoms with Crippen molar-refractivity contribution < 1.29 is 17.7 Å². The van der Waals surface area contributed by atoms with Crippen molar-refractivity contribution in [2.45, 2.75) is 51.0 Å². The van der Waals surface area contributed by atoms with Gasteiger partial charge in [-0.3, -0.25) is 0 Å². The van der Waals surface area contributed by atoms with Crippen LogP contribution in [0.3, 0.4) is 0 Å². The van der Waals surface area contributed by atoms with E-state index in [0.29, 0.717) is 17.5 Å². The first-order valence-corrected chi connectivity index (χ1v) is 9.23. The van der Waals surface area contributed by atoms with Crippen molar-refractivity contribution in [1.82, 2.24) is 14.9 Å². The number of nitrogens with zero attached hydrogens (tertiary/aromatic N) is 2. The minimum absolute atomic E-state index is 0.0262. The molecule has 2 rings (SSSR count). The van der Waals surface area contributed by atoms with E-state index in [2.05, 4.69) is 14.9 Å². The Morgan fingerprint density at radius 1 is 1.21 bits per heavy atom.